The zero-order valence-electron chi connectivity index (χ0n) is 16.1. The minimum absolute atomic E-state index is 0. The van der Waals surface area contributed by atoms with Gasteiger partial charge < -0.3 is 9.64 Å². The van der Waals surface area contributed by atoms with Crippen molar-refractivity contribution in [2.24, 2.45) is 0 Å². The fraction of sp³-hybridized carbons (Fsp3) is 0.409. The molecule has 1 fully saturated rings. The average Bonchev–Trinajstić information content (AvgIpc) is 2.72. The second kappa shape index (κ2) is 10.3. The summed E-state index contributed by atoms with van der Waals surface area (Å²) in [6, 6.07) is 17.8. The lowest BCUT2D eigenvalue weighted by Gasteiger charge is -2.40. The van der Waals surface area contributed by atoms with E-state index in [2.05, 4.69) is 22.8 Å². The van der Waals surface area contributed by atoms with Crippen LogP contribution in [-0.2, 0) is 0 Å². The lowest BCUT2D eigenvalue weighted by molar-refractivity contribution is 0.0792. The van der Waals surface area contributed by atoms with Gasteiger partial charge in [0.25, 0.3) is 0 Å². The number of Topliss-reactive ketones (excluding diaryl/α,β-unsaturated/α-hetero) is 1. The number of hydrogen-bond donors (Lipinski definition) is 0. The van der Waals surface area contributed by atoms with E-state index in [1.165, 1.54) is 0 Å². The number of nitrogens with zero attached hydrogens (tertiary/aromatic N) is 2. The molecule has 0 bridgehead atoms. The minimum Gasteiger partial charge on any atom is -0.495 e. The number of ether oxygens (including phenoxy) is 1. The minimum atomic E-state index is -0.0257. The summed E-state index contributed by atoms with van der Waals surface area (Å²) in [5.41, 5.74) is 1.95. The van der Waals surface area contributed by atoms with E-state index < -0.39 is 0 Å². The van der Waals surface area contributed by atoms with Gasteiger partial charge in [0, 0.05) is 31.7 Å². The molecule has 0 radical (unpaired) electrons. The summed E-state index contributed by atoms with van der Waals surface area (Å²) in [5.74, 6) is 1.16. The van der Waals surface area contributed by atoms with Crippen molar-refractivity contribution in [3.8, 4) is 5.75 Å². The molecule has 2 aromatic rings. The molecule has 27 heavy (non-hydrogen) atoms. The van der Waals surface area contributed by atoms with E-state index in [-0.39, 0.29) is 24.2 Å². The Hall–Kier alpha value is -2.04. The average molecular weight is 389 g/mol. The first kappa shape index (κ1) is 21.3. The summed E-state index contributed by atoms with van der Waals surface area (Å²) in [7, 11) is 1.71. The third kappa shape index (κ3) is 5.02. The van der Waals surface area contributed by atoms with E-state index in [0.29, 0.717) is 0 Å². The van der Waals surface area contributed by atoms with Crippen molar-refractivity contribution in [2.45, 2.75) is 25.8 Å². The Morgan fingerprint density at radius 3 is 2.26 bits per heavy atom. The maximum absolute atomic E-state index is 13.0. The molecule has 5 heteroatoms. The number of hydrogen-bond acceptors (Lipinski definition) is 4. The Balaban J connectivity index is 0.00000261. The van der Waals surface area contributed by atoms with Crippen LogP contribution < -0.4 is 9.64 Å². The maximum atomic E-state index is 13.0. The Bertz CT molecular complexity index is 715. The summed E-state index contributed by atoms with van der Waals surface area (Å²) in [5, 5.41) is 0. The largest absolute Gasteiger partial charge is 0.495 e. The van der Waals surface area contributed by atoms with Gasteiger partial charge in [0.1, 0.15) is 5.75 Å². The van der Waals surface area contributed by atoms with E-state index in [4.69, 9.17) is 4.74 Å². The summed E-state index contributed by atoms with van der Waals surface area (Å²) >= 11 is 0. The number of piperazine rings is 1. The molecule has 1 saturated heterocycles. The van der Waals surface area contributed by atoms with Gasteiger partial charge in [-0.05, 0) is 18.6 Å². The summed E-state index contributed by atoms with van der Waals surface area (Å²) in [6.45, 7) is 5.74. The van der Waals surface area contributed by atoms with E-state index in [9.17, 15) is 4.79 Å². The molecule has 1 aliphatic heterocycles. The zero-order chi connectivity index (χ0) is 18.4. The SMILES string of the molecule is CCCC(C(=O)c1ccccc1)N1CCN(c2ccccc2OC)CC1.Cl. The highest BCUT2D eigenvalue weighted by Crippen LogP contribution is 2.29. The molecule has 0 aromatic heterocycles. The van der Waals surface area contributed by atoms with Crippen molar-refractivity contribution in [2.75, 3.05) is 38.2 Å². The smallest absolute Gasteiger partial charge is 0.179 e. The third-order valence-corrected chi connectivity index (χ3v) is 5.10. The highest BCUT2D eigenvalue weighted by atomic mass is 35.5. The first-order valence-electron chi connectivity index (χ1n) is 9.46. The van der Waals surface area contributed by atoms with Gasteiger partial charge in [-0.3, -0.25) is 9.69 Å². The predicted molar refractivity (Wildman–Crippen MR) is 113 cm³/mol. The molecular weight excluding hydrogens is 360 g/mol. The topological polar surface area (TPSA) is 32.8 Å². The monoisotopic (exact) mass is 388 g/mol. The number of benzene rings is 2. The highest BCUT2D eigenvalue weighted by molar-refractivity contribution is 6.00. The van der Waals surface area contributed by atoms with Crippen LogP contribution in [-0.4, -0.2) is 50.0 Å². The molecule has 146 valence electrons. The number of para-hydroxylation sites is 2. The van der Waals surface area contributed by atoms with Crippen LogP contribution in [0.2, 0.25) is 0 Å². The van der Waals surface area contributed by atoms with Crippen molar-refractivity contribution in [3.05, 3.63) is 60.2 Å². The normalized spacial score (nSPS) is 15.7. The molecule has 0 saturated carbocycles. The van der Waals surface area contributed by atoms with Gasteiger partial charge in [-0.15, -0.1) is 12.4 Å². The van der Waals surface area contributed by atoms with Crippen molar-refractivity contribution in [1.29, 1.82) is 0 Å². The van der Waals surface area contributed by atoms with Crippen LogP contribution in [0.25, 0.3) is 0 Å². The van der Waals surface area contributed by atoms with Crippen LogP contribution in [0.5, 0.6) is 5.75 Å². The molecule has 0 spiro atoms. The van der Waals surface area contributed by atoms with Crippen LogP contribution >= 0.6 is 12.4 Å². The summed E-state index contributed by atoms with van der Waals surface area (Å²) in [4.78, 5) is 17.7. The molecule has 1 heterocycles. The van der Waals surface area contributed by atoms with Crippen molar-refractivity contribution in [3.63, 3.8) is 0 Å². The van der Waals surface area contributed by atoms with Crippen molar-refractivity contribution in [1.82, 2.24) is 4.90 Å². The second-order valence-corrected chi connectivity index (χ2v) is 6.73. The van der Waals surface area contributed by atoms with E-state index >= 15 is 0 Å². The van der Waals surface area contributed by atoms with E-state index in [1.54, 1.807) is 7.11 Å². The van der Waals surface area contributed by atoms with Gasteiger partial charge in [-0.25, -0.2) is 0 Å². The molecule has 0 aliphatic carbocycles. The molecule has 1 atom stereocenters. The van der Waals surface area contributed by atoms with Crippen LogP contribution in [0.15, 0.2) is 54.6 Å². The number of methoxy groups -OCH3 is 1. The number of carbonyl (C=O) groups excluding carboxylic acids is 1. The zero-order valence-corrected chi connectivity index (χ0v) is 17.0. The first-order chi connectivity index (χ1) is 12.7. The Morgan fingerprint density at radius 1 is 1.00 bits per heavy atom. The van der Waals surface area contributed by atoms with Gasteiger partial charge in [0.2, 0.25) is 0 Å². The Kier molecular flexibility index (Phi) is 8.14. The fourth-order valence-corrected chi connectivity index (χ4v) is 3.71. The third-order valence-electron chi connectivity index (χ3n) is 5.10. The van der Waals surface area contributed by atoms with Crippen molar-refractivity contribution < 1.29 is 9.53 Å². The highest BCUT2D eigenvalue weighted by Gasteiger charge is 2.29. The van der Waals surface area contributed by atoms with E-state index in [0.717, 1.165) is 56.0 Å². The molecule has 1 aliphatic rings. The lowest BCUT2D eigenvalue weighted by atomic mass is 9.98. The maximum Gasteiger partial charge on any atom is 0.179 e. The molecule has 2 aromatic carbocycles. The quantitative estimate of drug-likeness (QED) is 0.662. The molecule has 0 N–H and O–H groups in total. The Labute approximate surface area is 168 Å². The molecule has 0 amide bonds. The fourth-order valence-electron chi connectivity index (χ4n) is 3.71. The molecule has 3 rings (SSSR count). The Morgan fingerprint density at radius 2 is 1.63 bits per heavy atom. The second-order valence-electron chi connectivity index (χ2n) is 6.73. The number of halogens is 1. The van der Waals surface area contributed by atoms with Crippen LogP contribution in [0.4, 0.5) is 5.69 Å². The summed E-state index contributed by atoms with van der Waals surface area (Å²) in [6.07, 6.45) is 1.92. The number of rotatable bonds is 7. The van der Waals surface area contributed by atoms with Gasteiger partial charge >= 0.3 is 0 Å². The first-order valence-corrected chi connectivity index (χ1v) is 9.46. The van der Waals surface area contributed by atoms with E-state index in [1.807, 2.05) is 48.5 Å². The predicted octanol–water partition coefficient (Wildman–Crippen LogP) is 4.29. The molecular formula is C22H29ClN2O2. The van der Waals surface area contributed by atoms with Crippen LogP contribution in [0.1, 0.15) is 30.1 Å². The summed E-state index contributed by atoms with van der Waals surface area (Å²) < 4.78 is 5.50. The van der Waals surface area contributed by atoms with Gasteiger partial charge in [-0.2, -0.15) is 0 Å². The number of anilines is 1. The van der Waals surface area contributed by atoms with Gasteiger partial charge in [-0.1, -0.05) is 55.8 Å². The number of ketones is 1. The molecule has 1 unspecified atom stereocenters. The van der Waals surface area contributed by atoms with Crippen LogP contribution in [0.3, 0.4) is 0 Å². The van der Waals surface area contributed by atoms with Crippen LogP contribution in [0, 0.1) is 0 Å². The van der Waals surface area contributed by atoms with Crippen molar-refractivity contribution >= 4 is 23.9 Å². The van der Waals surface area contributed by atoms with Gasteiger partial charge in [0.05, 0.1) is 18.8 Å². The lowest BCUT2D eigenvalue weighted by Crippen LogP contribution is -2.52. The molecule has 4 nitrogen and oxygen atoms in total. The number of carbonyl (C=O) groups is 1. The standard InChI is InChI=1S/C22H28N2O2.ClH/c1-3-9-20(22(25)18-10-5-4-6-11-18)24-16-14-23(15-17-24)19-12-7-8-13-21(19)26-2;/h4-8,10-13,20H,3,9,14-17H2,1-2H3;1H. The van der Waals surface area contributed by atoms with Gasteiger partial charge in [0.15, 0.2) is 5.78 Å².